The molecule has 0 unspecified atom stereocenters. The lowest BCUT2D eigenvalue weighted by Gasteiger charge is -2.33. The van der Waals surface area contributed by atoms with Crippen LogP contribution in [0.2, 0.25) is 0 Å². The summed E-state index contributed by atoms with van der Waals surface area (Å²) in [6, 6.07) is 5.54. The molecule has 1 aromatic carbocycles. The molecule has 0 atom stereocenters. The number of esters is 1. The Kier molecular flexibility index (Phi) is 2.33. The van der Waals surface area contributed by atoms with Crippen LogP contribution in [0.15, 0.2) is 18.2 Å². The molecule has 3 rings (SSSR count). The van der Waals surface area contributed by atoms with Gasteiger partial charge in [-0.15, -0.1) is 0 Å². The van der Waals surface area contributed by atoms with Crippen LogP contribution in [0.1, 0.15) is 28.8 Å². The smallest absolute Gasteiger partial charge is 0.339 e. The van der Waals surface area contributed by atoms with Crippen molar-refractivity contribution in [3.8, 4) is 5.75 Å². The zero-order valence-corrected chi connectivity index (χ0v) is 9.79. The zero-order valence-electron chi connectivity index (χ0n) is 9.79. The van der Waals surface area contributed by atoms with Crippen LogP contribution in [0.3, 0.4) is 0 Å². The van der Waals surface area contributed by atoms with Crippen molar-refractivity contribution < 1.29 is 14.3 Å². The van der Waals surface area contributed by atoms with Crippen molar-refractivity contribution in [2.24, 2.45) is 0 Å². The van der Waals surface area contributed by atoms with Crippen molar-refractivity contribution in [3.63, 3.8) is 0 Å². The van der Waals surface area contributed by atoms with Crippen molar-refractivity contribution >= 4 is 5.97 Å². The Bertz CT molecular complexity index is 464. The lowest BCUT2D eigenvalue weighted by Crippen LogP contribution is -2.39. The molecule has 17 heavy (non-hydrogen) atoms. The fourth-order valence-corrected chi connectivity index (χ4v) is 2.69. The van der Waals surface area contributed by atoms with E-state index in [4.69, 9.17) is 9.47 Å². The summed E-state index contributed by atoms with van der Waals surface area (Å²) < 4.78 is 10.9. The minimum absolute atomic E-state index is 0.204. The first-order chi connectivity index (χ1) is 8.25. The fraction of sp³-hybridized carbons (Fsp3) is 0.462. The highest BCUT2D eigenvalue weighted by Crippen LogP contribution is 2.43. The molecule has 1 saturated heterocycles. The number of carbonyl (C=O) groups excluding carboxylic acids is 1. The van der Waals surface area contributed by atoms with E-state index in [9.17, 15) is 4.79 Å². The maximum Gasteiger partial charge on any atom is 0.339 e. The Morgan fingerprint density at radius 1 is 1.35 bits per heavy atom. The van der Waals surface area contributed by atoms with Crippen LogP contribution in [0.5, 0.6) is 5.75 Å². The summed E-state index contributed by atoms with van der Waals surface area (Å²) in [7, 11) is 1.63. The first-order valence-electron chi connectivity index (χ1n) is 5.88. The van der Waals surface area contributed by atoms with E-state index in [1.54, 1.807) is 19.2 Å². The molecule has 2 heterocycles. The normalized spacial score (nSPS) is 21.1. The molecule has 2 aliphatic heterocycles. The number of hydrogen-bond acceptors (Lipinski definition) is 4. The third-order valence-electron chi connectivity index (χ3n) is 3.64. The van der Waals surface area contributed by atoms with Crippen molar-refractivity contribution in [1.82, 2.24) is 5.32 Å². The van der Waals surface area contributed by atoms with Gasteiger partial charge in [-0.2, -0.15) is 0 Å². The largest absolute Gasteiger partial charge is 0.497 e. The SMILES string of the molecule is COc1ccc2c(c1)C1(CCNCC1)OC2=O. The van der Waals surface area contributed by atoms with Crippen LogP contribution in [0, 0.1) is 0 Å². The predicted octanol–water partition coefficient (Wildman–Crippen LogP) is 1.44. The molecule has 0 bridgehead atoms. The van der Waals surface area contributed by atoms with Gasteiger partial charge in [0.25, 0.3) is 0 Å². The van der Waals surface area contributed by atoms with E-state index in [-0.39, 0.29) is 5.97 Å². The topological polar surface area (TPSA) is 47.6 Å². The number of fused-ring (bicyclic) bond motifs is 2. The third-order valence-corrected chi connectivity index (χ3v) is 3.64. The molecule has 0 aliphatic carbocycles. The van der Waals surface area contributed by atoms with Gasteiger partial charge >= 0.3 is 5.97 Å². The number of ether oxygens (including phenoxy) is 2. The number of piperidine rings is 1. The third kappa shape index (κ3) is 1.52. The van der Waals surface area contributed by atoms with Crippen LogP contribution < -0.4 is 10.1 Å². The van der Waals surface area contributed by atoms with Crippen LogP contribution >= 0.6 is 0 Å². The predicted molar refractivity (Wildman–Crippen MR) is 62.2 cm³/mol. The molecule has 1 spiro atoms. The van der Waals surface area contributed by atoms with E-state index >= 15 is 0 Å². The molecule has 0 amide bonds. The molecule has 90 valence electrons. The standard InChI is InChI=1S/C13H15NO3/c1-16-9-2-3-10-11(8-9)13(17-12(10)15)4-6-14-7-5-13/h2-3,8,14H,4-7H2,1H3. The molecule has 0 radical (unpaired) electrons. The van der Waals surface area contributed by atoms with Crippen molar-refractivity contribution in [2.45, 2.75) is 18.4 Å². The van der Waals surface area contributed by atoms with E-state index in [2.05, 4.69) is 5.32 Å². The highest BCUT2D eigenvalue weighted by molar-refractivity contribution is 5.95. The summed E-state index contributed by atoms with van der Waals surface area (Å²) >= 11 is 0. The van der Waals surface area contributed by atoms with Crippen molar-refractivity contribution in [1.29, 1.82) is 0 Å². The van der Waals surface area contributed by atoms with Crippen molar-refractivity contribution in [2.75, 3.05) is 20.2 Å². The molecule has 1 fully saturated rings. The van der Waals surface area contributed by atoms with Gasteiger partial charge in [-0.25, -0.2) is 4.79 Å². The van der Waals surface area contributed by atoms with E-state index in [1.807, 2.05) is 6.07 Å². The second-order valence-corrected chi connectivity index (χ2v) is 4.55. The molecule has 1 N–H and O–H groups in total. The van der Waals surface area contributed by atoms with Gasteiger partial charge in [0.2, 0.25) is 0 Å². The number of hydrogen-bond donors (Lipinski definition) is 1. The highest BCUT2D eigenvalue weighted by Gasteiger charge is 2.46. The summed E-state index contributed by atoms with van der Waals surface area (Å²) in [4.78, 5) is 11.9. The van der Waals surface area contributed by atoms with E-state index in [0.29, 0.717) is 5.56 Å². The molecule has 4 nitrogen and oxygen atoms in total. The summed E-state index contributed by atoms with van der Waals surface area (Å²) in [6.45, 7) is 1.76. The molecule has 2 aliphatic rings. The number of methoxy groups -OCH3 is 1. The second kappa shape index (κ2) is 3.74. The first kappa shape index (κ1) is 10.6. The number of carbonyl (C=O) groups is 1. The number of rotatable bonds is 1. The molecular weight excluding hydrogens is 218 g/mol. The van der Waals surface area contributed by atoms with E-state index in [1.165, 1.54) is 0 Å². The first-order valence-corrected chi connectivity index (χ1v) is 5.88. The maximum atomic E-state index is 11.9. The zero-order chi connectivity index (χ0) is 11.9. The quantitative estimate of drug-likeness (QED) is 0.746. The highest BCUT2D eigenvalue weighted by atomic mass is 16.6. The lowest BCUT2D eigenvalue weighted by molar-refractivity contribution is -0.0242. The van der Waals surface area contributed by atoms with Gasteiger partial charge < -0.3 is 14.8 Å². The Labute approximate surface area is 99.9 Å². The van der Waals surface area contributed by atoms with Crippen molar-refractivity contribution in [3.05, 3.63) is 29.3 Å². The van der Waals surface area contributed by atoms with E-state index < -0.39 is 5.60 Å². The molecular formula is C13H15NO3. The van der Waals surface area contributed by atoms with Gasteiger partial charge in [-0.05, 0) is 31.3 Å². The van der Waals surface area contributed by atoms with Gasteiger partial charge in [0.05, 0.1) is 12.7 Å². The maximum absolute atomic E-state index is 11.9. The summed E-state index contributed by atoms with van der Waals surface area (Å²) in [5.74, 6) is 0.574. The molecule has 1 aromatic rings. The Morgan fingerprint density at radius 3 is 2.82 bits per heavy atom. The molecule has 0 aromatic heterocycles. The monoisotopic (exact) mass is 233 g/mol. The van der Waals surface area contributed by atoms with Crippen LogP contribution in [0.25, 0.3) is 0 Å². The number of nitrogens with one attached hydrogen (secondary N) is 1. The van der Waals surface area contributed by atoms with Gasteiger partial charge in [0, 0.05) is 18.4 Å². The van der Waals surface area contributed by atoms with Gasteiger partial charge in [-0.3, -0.25) is 0 Å². The average Bonchev–Trinajstić information content (AvgIpc) is 2.63. The Hall–Kier alpha value is -1.55. The Morgan fingerprint density at radius 2 is 2.12 bits per heavy atom. The second-order valence-electron chi connectivity index (χ2n) is 4.55. The summed E-state index contributed by atoms with van der Waals surface area (Å²) in [6.07, 6.45) is 1.66. The van der Waals surface area contributed by atoms with Crippen LogP contribution in [-0.2, 0) is 10.3 Å². The van der Waals surface area contributed by atoms with Gasteiger partial charge in [-0.1, -0.05) is 0 Å². The van der Waals surface area contributed by atoms with Crippen LogP contribution in [-0.4, -0.2) is 26.2 Å². The van der Waals surface area contributed by atoms with Crippen LogP contribution in [0.4, 0.5) is 0 Å². The summed E-state index contributed by atoms with van der Waals surface area (Å²) in [5, 5.41) is 3.29. The summed E-state index contributed by atoms with van der Waals surface area (Å²) in [5.41, 5.74) is 1.25. The lowest BCUT2D eigenvalue weighted by atomic mass is 9.84. The average molecular weight is 233 g/mol. The molecule has 4 heteroatoms. The Balaban J connectivity index is 2.09. The number of benzene rings is 1. The minimum Gasteiger partial charge on any atom is -0.497 e. The minimum atomic E-state index is -0.424. The van der Waals surface area contributed by atoms with Gasteiger partial charge in [0.15, 0.2) is 0 Å². The molecule has 0 saturated carbocycles. The fourth-order valence-electron chi connectivity index (χ4n) is 2.69. The van der Waals surface area contributed by atoms with Gasteiger partial charge in [0.1, 0.15) is 11.4 Å². The van der Waals surface area contributed by atoms with E-state index in [0.717, 1.165) is 37.2 Å².